The van der Waals surface area contributed by atoms with Gasteiger partial charge in [-0.25, -0.2) is 0 Å². The van der Waals surface area contributed by atoms with Crippen molar-refractivity contribution in [2.45, 2.75) is 33.2 Å². The molecule has 0 aliphatic carbocycles. The number of hydrogen-bond donors (Lipinski definition) is 0. The van der Waals surface area contributed by atoms with Crippen LogP contribution >= 0.6 is 0 Å². The number of furan rings is 1. The lowest BCUT2D eigenvalue weighted by Gasteiger charge is -2.26. The van der Waals surface area contributed by atoms with Gasteiger partial charge in [0.05, 0.1) is 25.8 Å². The number of para-hydroxylation sites is 1. The van der Waals surface area contributed by atoms with Crippen LogP contribution in [0, 0.1) is 13.8 Å². The zero-order valence-corrected chi connectivity index (χ0v) is 16.0. The Bertz CT molecular complexity index is 942. The van der Waals surface area contributed by atoms with Crippen LogP contribution in [0.2, 0.25) is 0 Å². The molecule has 0 aliphatic rings. The van der Waals surface area contributed by atoms with Gasteiger partial charge in [-0.1, -0.05) is 18.2 Å². The molecule has 4 heteroatoms. The SMILES string of the molecule is COc1ccccc1C(C)N(C)C(=O)Cc1coc2cc(C)c(C)cc12. The number of likely N-dealkylation sites (N-methyl/N-ethyl adjacent to an activating group) is 1. The predicted molar refractivity (Wildman–Crippen MR) is 104 cm³/mol. The number of carbonyl (C=O) groups excluding carboxylic acids is 1. The van der Waals surface area contributed by atoms with Crippen LogP contribution in [0.25, 0.3) is 11.0 Å². The number of hydrogen-bond acceptors (Lipinski definition) is 3. The molecule has 0 radical (unpaired) electrons. The average molecular weight is 351 g/mol. The Morgan fingerprint density at radius 3 is 2.62 bits per heavy atom. The molecular formula is C22H25NO3. The standard InChI is InChI=1S/C22H25NO3/c1-14-10-19-17(13-26-21(19)11-15(14)2)12-22(24)23(4)16(3)18-8-6-7-9-20(18)25-5/h6-11,13,16H,12H2,1-5H3. The summed E-state index contributed by atoms with van der Waals surface area (Å²) in [5, 5.41) is 1.01. The number of carbonyl (C=O) groups is 1. The van der Waals surface area contributed by atoms with Gasteiger partial charge in [-0.15, -0.1) is 0 Å². The van der Waals surface area contributed by atoms with E-state index >= 15 is 0 Å². The smallest absolute Gasteiger partial charge is 0.227 e. The first-order valence-electron chi connectivity index (χ1n) is 8.78. The summed E-state index contributed by atoms with van der Waals surface area (Å²) in [5.74, 6) is 0.837. The van der Waals surface area contributed by atoms with Crippen LogP contribution < -0.4 is 4.74 Å². The summed E-state index contributed by atoms with van der Waals surface area (Å²) in [6, 6.07) is 11.8. The summed E-state index contributed by atoms with van der Waals surface area (Å²) < 4.78 is 11.1. The maximum absolute atomic E-state index is 12.9. The van der Waals surface area contributed by atoms with Gasteiger partial charge in [-0.3, -0.25) is 4.79 Å². The van der Waals surface area contributed by atoms with Gasteiger partial charge >= 0.3 is 0 Å². The van der Waals surface area contributed by atoms with Crippen molar-refractivity contribution in [3.05, 3.63) is 64.9 Å². The third-order valence-corrected chi connectivity index (χ3v) is 5.18. The number of rotatable bonds is 5. The van der Waals surface area contributed by atoms with Crippen LogP contribution in [0.5, 0.6) is 5.75 Å². The summed E-state index contributed by atoms with van der Waals surface area (Å²) in [5.41, 5.74) is 5.13. The highest BCUT2D eigenvalue weighted by molar-refractivity contribution is 5.88. The Balaban J connectivity index is 1.82. The van der Waals surface area contributed by atoms with Crippen molar-refractivity contribution < 1.29 is 13.9 Å². The van der Waals surface area contributed by atoms with Gasteiger partial charge in [0, 0.05) is 23.6 Å². The molecule has 1 atom stereocenters. The fourth-order valence-corrected chi connectivity index (χ4v) is 3.20. The van der Waals surface area contributed by atoms with Gasteiger partial charge in [0.2, 0.25) is 5.91 Å². The number of aryl methyl sites for hydroxylation is 2. The first-order chi connectivity index (χ1) is 12.4. The maximum atomic E-state index is 12.9. The van der Waals surface area contributed by atoms with E-state index < -0.39 is 0 Å². The van der Waals surface area contributed by atoms with Gasteiger partial charge in [0.25, 0.3) is 0 Å². The van der Waals surface area contributed by atoms with Crippen molar-refractivity contribution in [3.8, 4) is 5.75 Å². The van der Waals surface area contributed by atoms with Crippen molar-refractivity contribution in [2.75, 3.05) is 14.2 Å². The van der Waals surface area contributed by atoms with Crippen molar-refractivity contribution in [3.63, 3.8) is 0 Å². The minimum Gasteiger partial charge on any atom is -0.496 e. The number of ether oxygens (including phenoxy) is 1. The van der Waals surface area contributed by atoms with E-state index in [0.717, 1.165) is 27.8 Å². The molecule has 0 spiro atoms. The Labute approximate surface area is 154 Å². The second-order valence-corrected chi connectivity index (χ2v) is 6.79. The highest BCUT2D eigenvalue weighted by Gasteiger charge is 2.21. The minimum absolute atomic E-state index is 0.0457. The first kappa shape index (κ1) is 18.1. The molecule has 3 rings (SSSR count). The molecule has 0 fully saturated rings. The second-order valence-electron chi connectivity index (χ2n) is 6.79. The van der Waals surface area contributed by atoms with E-state index in [1.165, 1.54) is 11.1 Å². The Kier molecular flexibility index (Phi) is 5.03. The van der Waals surface area contributed by atoms with E-state index in [1.807, 2.05) is 44.3 Å². The Morgan fingerprint density at radius 2 is 1.88 bits per heavy atom. The van der Waals surface area contributed by atoms with Crippen LogP contribution in [0.4, 0.5) is 0 Å². The zero-order valence-electron chi connectivity index (χ0n) is 16.0. The second kappa shape index (κ2) is 7.24. The molecule has 2 aromatic carbocycles. The highest BCUT2D eigenvalue weighted by atomic mass is 16.5. The molecule has 3 aromatic rings. The quantitative estimate of drug-likeness (QED) is 0.662. The normalized spacial score (nSPS) is 12.2. The number of benzene rings is 2. The topological polar surface area (TPSA) is 42.7 Å². The molecule has 1 amide bonds. The van der Waals surface area contributed by atoms with E-state index in [2.05, 4.69) is 19.9 Å². The van der Waals surface area contributed by atoms with E-state index in [1.54, 1.807) is 18.3 Å². The zero-order chi connectivity index (χ0) is 18.8. The van der Waals surface area contributed by atoms with Crippen molar-refractivity contribution >= 4 is 16.9 Å². The lowest BCUT2D eigenvalue weighted by molar-refractivity contribution is -0.131. The fraction of sp³-hybridized carbons (Fsp3) is 0.318. The monoisotopic (exact) mass is 351 g/mol. The number of methoxy groups -OCH3 is 1. The van der Waals surface area contributed by atoms with Crippen LogP contribution in [0.15, 0.2) is 47.1 Å². The van der Waals surface area contributed by atoms with Gasteiger partial charge in [0.15, 0.2) is 0 Å². The number of nitrogens with zero attached hydrogens (tertiary/aromatic N) is 1. The first-order valence-corrected chi connectivity index (χ1v) is 8.78. The average Bonchev–Trinajstić information content (AvgIpc) is 3.02. The molecule has 0 saturated heterocycles. The van der Waals surface area contributed by atoms with Crippen LogP contribution in [0.1, 0.15) is 35.2 Å². The van der Waals surface area contributed by atoms with Gasteiger partial charge in [0.1, 0.15) is 11.3 Å². The van der Waals surface area contributed by atoms with Crippen molar-refractivity contribution in [1.29, 1.82) is 0 Å². The van der Waals surface area contributed by atoms with Gasteiger partial charge in [-0.2, -0.15) is 0 Å². The molecule has 0 N–H and O–H groups in total. The minimum atomic E-state index is -0.0826. The van der Waals surface area contributed by atoms with Crippen LogP contribution in [-0.4, -0.2) is 25.0 Å². The summed E-state index contributed by atoms with van der Waals surface area (Å²) in [6.45, 7) is 6.14. The molecule has 0 aliphatic heterocycles. The van der Waals surface area contributed by atoms with Crippen molar-refractivity contribution in [1.82, 2.24) is 4.90 Å². The summed E-state index contributed by atoms with van der Waals surface area (Å²) in [6.07, 6.45) is 2.01. The van der Waals surface area contributed by atoms with Crippen molar-refractivity contribution in [2.24, 2.45) is 0 Å². The van der Waals surface area contributed by atoms with Gasteiger partial charge in [-0.05, 0) is 50.1 Å². The third kappa shape index (κ3) is 3.32. The van der Waals surface area contributed by atoms with Gasteiger partial charge < -0.3 is 14.1 Å². The van der Waals surface area contributed by atoms with E-state index in [0.29, 0.717) is 6.42 Å². The number of fused-ring (bicyclic) bond motifs is 1. The molecule has 136 valence electrons. The summed E-state index contributed by atoms with van der Waals surface area (Å²) >= 11 is 0. The Hall–Kier alpha value is -2.75. The van der Waals surface area contributed by atoms with E-state index in [-0.39, 0.29) is 11.9 Å². The summed E-state index contributed by atoms with van der Waals surface area (Å²) in [4.78, 5) is 14.6. The molecule has 0 saturated carbocycles. The predicted octanol–water partition coefficient (Wildman–Crippen LogP) is 4.82. The number of amides is 1. The molecular weight excluding hydrogens is 326 g/mol. The highest BCUT2D eigenvalue weighted by Crippen LogP contribution is 2.30. The maximum Gasteiger partial charge on any atom is 0.227 e. The molecule has 1 unspecified atom stereocenters. The van der Waals surface area contributed by atoms with Crippen LogP contribution in [0.3, 0.4) is 0 Å². The lowest BCUT2D eigenvalue weighted by atomic mass is 10.0. The third-order valence-electron chi connectivity index (χ3n) is 5.18. The molecule has 0 bridgehead atoms. The van der Waals surface area contributed by atoms with E-state index in [4.69, 9.17) is 9.15 Å². The molecule has 4 nitrogen and oxygen atoms in total. The molecule has 26 heavy (non-hydrogen) atoms. The Morgan fingerprint density at radius 1 is 1.19 bits per heavy atom. The summed E-state index contributed by atoms with van der Waals surface area (Å²) in [7, 11) is 3.48. The molecule has 1 aromatic heterocycles. The fourth-order valence-electron chi connectivity index (χ4n) is 3.20. The molecule has 1 heterocycles. The largest absolute Gasteiger partial charge is 0.496 e. The lowest BCUT2D eigenvalue weighted by Crippen LogP contribution is -2.31. The van der Waals surface area contributed by atoms with E-state index in [9.17, 15) is 4.79 Å². The van der Waals surface area contributed by atoms with Crippen LogP contribution in [-0.2, 0) is 11.2 Å².